The van der Waals surface area contributed by atoms with Crippen molar-refractivity contribution in [1.82, 2.24) is 14.8 Å². The van der Waals surface area contributed by atoms with Gasteiger partial charge in [-0.25, -0.2) is 22.9 Å². The lowest BCUT2D eigenvalue weighted by molar-refractivity contribution is -0.114. The Morgan fingerprint density at radius 2 is 1.94 bits per heavy atom. The molecule has 3 heterocycles. The van der Waals surface area contributed by atoms with E-state index in [4.69, 9.17) is 9.72 Å². The van der Waals surface area contributed by atoms with Crippen LogP contribution in [-0.4, -0.2) is 53.7 Å². The minimum Gasteiger partial charge on any atom is -0.465 e. The van der Waals surface area contributed by atoms with Gasteiger partial charge < -0.3 is 10.1 Å². The molecule has 1 aromatic carbocycles. The normalized spacial score (nSPS) is 17.6. The number of sulfone groups is 1. The predicted molar refractivity (Wildman–Crippen MR) is 116 cm³/mol. The van der Waals surface area contributed by atoms with Crippen LogP contribution in [0.25, 0.3) is 22.3 Å². The van der Waals surface area contributed by atoms with Crippen molar-refractivity contribution in [3.05, 3.63) is 41.6 Å². The van der Waals surface area contributed by atoms with E-state index in [2.05, 4.69) is 10.4 Å². The number of carbonyl (C=O) groups is 2. The number of benzene rings is 1. The maximum Gasteiger partial charge on any atom is 0.338 e. The van der Waals surface area contributed by atoms with Gasteiger partial charge >= 0.3 is 5.97 Å². The number of methoxy groups -OCH3 is 1. The molecule has 1 N–H and O–H groups in total. The number of pyridine rings is 1. The van der Waals surface area contributed by atoms with Crippen molar-refractivity contribution in [1.29, 1.82) is 0 Å². The lowest BCUT2D eigenvalue weighted by atomic mass is 10.1. The zero-order valence-corrected chi connectivity index (χ0v) is 18.2. The Balaban J connectivity index is 1.88. The number of aryl methyl sites for hydroxylation is 1. The molecular weight excluding hydrogens is 420 g/mol. The summed E-state index contributed by atoms with van der Waals surface area (Å²) in [6, 6.07) is 8.37. The lowest BCUT2D eigenvalue weighted by Gasteiger charge is -2.12. The molecule has 1 atom stereocenters. The van der Waals surface area contributed by atoms with Gasteiger partial charge in [-0.05, 0) is 31.5 Å². The first-order chi connectivity index (χ1) is 14.7. The van der Waals surface area contributed by atoms with Gasteiger partial charge in [0.15, 0.2) is 15.5 Å². The first-order valence-electron chi connectivity index (χ1n) is 9.75. The molecule has 0 saturated carbocycles. The summed E-state index contributed by atoms with van der Waals surface area (Å²) in [5.41, 5.74) is 3.23. The smallest absolute Gasteiger partial charge is 0.338 e. The van der Waals surface area contributed by atoms with E-state index in [1.807, 2.05) is 0 Å². The van der Waals surface area contributed by atoms with Crippen molar-refractivity contribution in [2.45, 2.75) is 26.3 Å². The molecule has 2 aromatic heterocycles. The Labute approximate surface area is 179 Å². The molecule has 1 aliphatic rings. The molecule has 1 saturated heterocycles. The Hall–Kier alpha value is -3.27. The van der Waals surface area contributed by atoms with Gasteiger partial charge in [-0.1, -0.05) is 12.1 Å². The van der Waals surface area contributed by atoms with Gasteiger partial charge in [0, 0.05) is 18.2 Å². The second-order valence-corrected chi connectivity index (χ2v) is 9.82. The summed E-state index contributed by atoms with van der Waals surface area (Å²) in [5, 5.41) is 7.79. The van der Waals surface area contributed by atoms with Gasteiger partial charge in [-0.15, -0.1) is 0 Å². The minimum absolute atomic E-state index is 0.00586. The maximum atomic E-state index is 12.5. The quantitative estimate of drug-likeness (QED) is 0.616. The molecule has 0 spiro atoms. The number of esters is 1. The van der Waals surface area contributed by atoms with Crippen molar-refractivity contribution < 1.29 is 22.7 Å². The molecule has 10 heteroatoms. The number of ether oxygens (including phenoxy) is 1. The van der Waals surface area contributed by atoms with Gasteiger partial charge in [-0.2, -0.15) is 5.10 Å². The third-order valence-electron chi connectivity index (χ3n) is 5.30. The first kappa shape index (κ1) is 21.0. The number of nitrogens with one attached hydrogen (secondary N) is 1. The molecule has 3 aromatic rings. The van der Waals surface area contributed by atoms with Gasteiger partial charge in [-0.3, -0.25) is 4.79 Å². The molecule has 0 unspecified atom stereocenters. The highest BCUT2D eigenvalue weighted by Crippen LogP contribution is 2.32. The first-order valence-corrected chi connectivity index (χ1v) is 11.6. The summed E-state index contributed by atoms with van der Waals surface area (Å²) in [6.07, 6.45) is 0.448. The number of anilines is 1. The van der Waals surface area contributed by atoms with Crippen LogP contribution in [0.15, 0.2) is 30.3 Å². The standard InChI is InChI=1S/C21H22N4O5S/c1-12-19-17(21(27)30-3)10-18(14-4-6-15(7-5-14)22-13(2)26)23-20(19)25(24-12)16-8-9-31(28,29)11-16/h4-7,10,16H,8-9,11H2,1-3H3,(H,22,26)/t16-/m0/s1. The fourth-order valence-corrected chi connectivity index (χ4v) is 5.57. The molecule has 1 amide bonds. The molecule has 31 heavy (non-hydrogen) atoms. The molecule has 1 aliphatic heterocycles. The van der Waals surface area contributed by atoms with Crippen molar-refractivity contribution in [3.63, 3.8) is 0 Å². The topological polar surface area (TPSA) is 120 Å². The largest absolute Gasteiger partial charge is 0.465 e. The number of fused-ring (bicyclic) bond motifs is 1. The van der Waals surface area contributed by atoms with Gasteiger partial charge in [0.2, 0.25) is 5.91 Å². The van der Waals surface area contributed by atoms with E-state index in [-0.39, 0.29) is 23.5 Å². The van der Waals surface area contributed by atoms with Gasteiger partial charge in [0.05, 0.1) is 47.0 Å². The van der Waals surface area contributed by atoms with E-state index < -0.39 is 15.8 Å². The highest BCUT2D eigenvalue weighted by Gasteiger charge is 2.32. The molecule has 0 radical (unpaired) electrons. The van der Waals surface area contributed by atoms with Crippen LogP contribution in [-0.2, 0) is 19.4 Å². The van der Waals surface area contributed by atoms with Crippen LogP contribution in [0.2, 0.25) is 0 Å². The van der Waals surface area contributed by atoms with Crippen molar-refractivity contribution in [2.24, 2.45) is 0 Å². The number of rotatable bonds is 4. The molecule has 0 aliphatic carbocycles. The van der Waals surface area contributed by atoms with Crippen LogP contribution in [0.1, 0.15) is 35.4 Å². The minimum atomic E-state index is -3.13. The summed E-state index contributed by atoms with van der Waals surface area (Å²) in [7, 11) is -1.82. The predicted octanol–water partition coefficient (Wildman–Crippen LogP) is 2.51. The molecule has 9 nitrogen and oxygen atoms in total. The highest BCUT2D eigenvalue weighted by atomic mass is 32.2. The van der Waals surface area contributed by atoms with E-state index in [0.717, 1.165) is 5.56 Å². The van der Waals surface area contributed by atoms with Gasteiger partial charge in [0.25, 0.3) is 0 Å². The highest BCUT2D eigenvalue weighted by molar-refractivity contribution is 7.91. The number of nitrogens with zero attached hydrogens (tertiary/aromatic N) is 3. The van der Waals surface area contributed by atoms with Crippen LogP contribution < -0.4 is 5.32 Å². The number of amides is 1. The fourth-order valence-electron chi connectivity index (χ4n) is 3.88. The second-order valence-electron chi connectivity index (χ2n) is 7.59. The third kappa shape index (κ3) is 4.02. The summed E-state index contributed by atoms with van der Waals surface area (Å²) in [6.45, 7) is 3.19. The summed E-state index contributed by atoms with van der Waals surface area (Å²) < 4.78 is 30.6. The van der Waals surface area contributed by atoms with Crippen molar-refractivity contribution >= 4 is 38.4 Å². The third-order valence-corrected chi connectivity index (χ3v) is 7.05. The molecule has 162 valence electrons. The van der Waals surface area contributed by atoms with E-state index in [1.54, 1.807) is 41.9 Å². The van der Waals surface area contributed by atoms with Crippen LogP contribution in [0, 0.1) is 6.92 Å². The Morgan fingerprint density at radius 1 is 1.23 bits per heavy atom. The number of aromatic nitrogens is 3. The van der Waals surface area contributed by atoms with E-state index in [0.29, 0.717) is 40.1 Å². The van der Waals surface area contributed by atoms with Crippen LogP contribution >= 0.6 is 0 Å². The van der Waals surface area contributed by atoms with Crippen LogP contribution in [0.5, 0.6) is 0 Å². The molecule has 1 fully saturated rings. The zero-order valence-electron chi connectivity index (χ0n) is 17.4. The van der Waals surface area contributed by atoms with Crippen molar-refractivity contribution in [2.75, 3.05) is 23.9 Å². The van der Waals surface area contributed by atoms with E-state index in [1.165, 1.54) is 14.0 Å². The number of hydrogen-bond donors (Lipinski definition) is 1. The van der Waals surface area contributed by atoms with Crippen LogP contribution in [0.3, 0.4) is 0 Å². The Morgan fingerprint density at radius 3 is 2.52 bits per heavy atom. The summed E-state index contributed by atoms with van der Waals surface area (Å²) in [4.78, 5) is 28.5. The molecule has 0 bridgehead atoms. The average Bonchev–Trinajstić information content (AvgIpc) is 3.26. The second kappa shape index (κ2) is 7.77. The number of hydrogen-bond acceptors (Lipinski definition) is 7. The van der Waals surface area contributed by atoms with Crippen LogP contribution in [0.4, 0.5) is 5.69 Å². The van der Waals surface area contributed by atoms with E-state index in [9.17, 15) is 18.0 Å². The summed E-state index contributed by atoms with van der Waals surface area (Å²) in [5.74, 6) is -0.600. The Bertz CT molecular complexity index is 1300. The molecular formula is C21H22N4O5S. The monoisotopic (exact) mass is 442 g/mol. The summed E-state index contributed by atoms with van der Waals surface area (Å²) >= 11 is 0. The number of carbonyl (C=O) groups excluding carboxylic acids is 2. The zero-order chi connectivity index (χ0) is 22.3. The van der Waals surface area contributed by atoms with Gasteiger partial charge in [0.1, 0.15) is 0 Å². The average molecular weight is 442 g/mol. The lowest BCUT2D eigenvalue weighted by Crippen LogP contribution is -2.13. The van der Waals surface area contributed by atoms with E-state index >= 15 is 0 Å². The molecule has 4 rings (SSSR count). The van der Waals surface area contributed by atoms with Crippen molar-refractivity contribution in [3.8, 4) is 11.3 Å². The Kier molecular flexibility index (Phi) is 5.26. The maximum absolute atomic E-state index is 12.5. The SMILES string of the molecule is COC(=O)c1cc(-c2ccc(NC(C)=O)cc2)nc2c1c(C)nn2[C@H]1CCS(=O)(=O)C1. The fraction of sp³-hybridized carbons (Fsp3) is 0.333.